The van der Waals surface area contributed by atoms with Crippen molar-refractivity contribution in [3.05, 3.63) is 23.5 Å². The summed E-state index contributed by atoms with van der Waals surface area (Å²) < 4.78 is 5.72. The fraction of sp³-hybridized carbons (Fsp3) is 0.250. The maximum atomic E-state index is 11.2. The van der Waals surface area contributed by atoms with Crippen LogP contribution in [0.25, 0.3) is 0 Å². The summed E-state index contributed by atoms with van der Waals surface area (Å²) in [7, 11) is 0. The lowest BCUT2D eigenvalue weighted by molar-refractivity contribution is 0.0516. The zero-order valence-corrected chi connectivity index (χ0v) is 7.19. The number of nitrogens with zero attached hydrogens (tertiary/aromatic N) is 1. The Morgan fingerprint density at radius 1 is 1.69 bits per heavy atom. The summed E-state index contributed by atoms with van der Waals surface area (Å²) >= 11 is 0. The Labute approximate surface area is 75.1 Å². The number of esters is 1. The molecule has 1 heterocycles. The number of nitrogen functional groups attached to an aromatic ring is 1. The Morgan fingerprint density at radius 2 is 2.38 bits per heavy atom. The van der Waals surface area contributed by atoms with E-state index in [4.69, 9.17) is 10.6 Å². The van der Waals surface area contributed by atoms with Gasteiger partial charge in [0.2, 0.25) is 0 Å². The fourth-order valence-electron chi connectivity index (χ4n) is 0.931. The molecule has 0 aliphatic carbocycles. The number of carbonyl (C=O) groups excluding carboxylic acids is 2. The molecule has 1 rings (SSSR count). The summed E-state index contributed by atoms with van der Waals surface area (Å²) in [6, 6.07) is 2.90. The smallest absolute Gasteiger partial charge is 0.356 e. The Kier molecular flexibility index (Phi) is 2.69. The minimum atomic E-state index is -0.530. The number of hydrogen-bond acceptors (Lipinski definition) is 4. The van der Waals surface area contributed by atoms with Crippen molar-refractivity contribution in [1.82, 2.24) is 4.68 Å². The Hall–Kier alpha value is -1.78. The molecule has 0 radical (unpaired) electrons. The average Bonchev–Trinajstić information content (AvgIpc) is 2.47. The predicted molar refractivity (Wildman–Crippen MR) is 45.9 cm³/mol. The van der Waals surface area contributed by atoms with Crippen LogP contribution in [0.3, 0.4) is 0 Å². The van der Waals surface area contributed by atoms with Crippen LogP contribution in [0.4, 0.5) is 0 Å². The zero-order chi connectivity index (χ0) is 9.84. The molecule has 0 aliphatic heterocycles. The van der Waals surface area contributed by atoms with Gasteiger partial charge in [-0.1, -0.05) is 0 Å². The first-order valence-corrected chi connectivity index (χ1v) is 3.79. The molecule has 70 valence electrons. The van der Waals surface area contributed by atoms with E-state index in [1.807, 2.05) is 0 Å². The van der Waals surface area contributed by atoms with Crippen LogP contribution in [0, 0.1) is 0 Å². The van der Waals surface area contributed by atoms with Crippen LogP contribution in [0.2, 0.25) is 0 Å². The summed E-state index contributed by atoms with van der Waals surface area (Å²) in [6.07, 6.45) is 0.572. The molecule has 0 unspecified atom stereocenters. The number of aromatic nitrogens is 1. The Bertz CT molecular complexity index is 330. The molecular formula is C8H10N2O3. The normalized spacial score (nSPS) is 9.62. The largest absolute Gasteiger partial charge is 0.461 e. The van der Waals surface area contributed by atoms with E-state index in [0.29, 0.717) is 6.29 Å². The monoisotopic (exact) mass is 182 g/mol. The van der Waals surface area contributed by atoms with Gasteiger partial charge in [0, 0.05) is 0 Å². The SMILES string of the molecule is CCOC(=O)c1ccc(C=O)n1N. The van der Waals surface area contributed by atoms with E-state index < -0.39 is 5.97 Å². The minimum Gasteiger partial charge on any atom is -0.461 e. The molecule has 0 bridgehead atoms. The van der Waals surface area contributed by atoms with E-state index in [1.54, 1.807) is 6.92 Å². The topological polar surface area (TPSA) is 74.3 Å². The average molecular weight is 182 g/mol. The van der Waals surface area contributed by atoms with Crippen LogP contribution in [0.15, 0.2) is 12.1 Å². The van der Waals surface area contributed by atoms with E-state index in [2.05, 4.69) is 0 Å². The zero-order valence-electron chi connectivity index (χ0n) is 7.19. The number of nitrogens with two attached hydrogens (primary N) is 1. The highest BCUT2D eigenvalue weighted by Gasteiger charge is 2.13. The molecule has 5 nitrogen and oxygen atoms in total. The van der Waals surface area contributed by atoms with Gasteiger partial charge in [-0.2, -0.15) is 0 Å². The molecular weight excluding hydrogens is 172 g/mol. The summed E-state index contributed by atoms with van der Waals surface area (Å²) in [5.41, 5.74) is 0.409. The van der Waals surface area contributed by atoms with Crippen molar-refractivity contribution in [3.63, 3.8) is 0 Å². The molecule has 0 aliphatic rings. The number of carbonyl (C=O) groups is 2. The molecule has 2 N–H and O–H groups in total. The second kappa shape index (κ2) is 3.75. The Morgan fingerprint density at radius 3 is 2.85 bits per heavy atom. The predicted octanol–water partition coefficient (Wildman–Crippen LogP) is 0.191. The molecule has 0 saturated carbocycles. The van der Waals surface area contributed by atoms with Gasteiger partial charge in [-0.3, -0.25) is 9.47 Å². The van der Waals surface area contributed by atoms with Crippen LogP contribution in [-0.2, 0) is 4.74 Å². The van der Waals surface area contributed by atoms with Crippen molar-refractivity contribution in [3.8, 4) is 0 Å². The van der Waals surface area contributed by atoms with Crippen molar-refractivity contribution in [1.29, 1.82) is 0 Å². The van der Waals surface area contributed by atoms with Crippen LogP contribution in [0.5, 0.6) is 0 Å². The Balaban J connectivity index is 2.95. The van der Waals surface area contributed by atoms with Crippen molar-refractivity contribution < 1.29 is 14.3 Å². The van der Waals surface area contributed by atoms with Gasteiger partial charge in [-0.05, 0) is 19.1 Å². The highest BCUT2D eigenvalue weighted by Crippen LogP contribution is 2.04. The fourth-order valence-corrected chi connectivity index (χ4v) is 0.931. The molecule has 0 atom stereocenters. The van der Waals surface area contributed by atoms with E-state index >= 15 is 0 Å². The quantitative estimate of drug-likeness (QED) is 0.411. The highest BCUT2D eigenvalue weighted by molar-refractivity contribution is 5.89. The molecule has 5 heteroatoms. The molecule has 13 heavy (non-hydrogen) atoms. The number of rotatable bonds is 3. The third-order valence-corrected chi connectivity index (χ3v) is 1.55. The summed E-state index contributed by atoms with van der Waals surface area (Å²) in [6.45, 7) is 1.97. The van der Waals surface area contributed by atoms with Crippen molar-refractivity contribution >= 4 is 12.3 Å². The van der Waals surface area contributed by atoms with Crippen LogP contribution < -0.4 is 5.84 Å². The van der Waals surface area contributed by atoms with Crippen molar-refractivity contribution in [2.45, 2.75) is 6.92 Å². The van der Waals surface area contributed by atoms with Gasteiger partial charge < -0.3 is 10.6 Å². The second-order valence-corrected chi connectivity index (χ2v) is 2.35. The van der Waals surface area contributed by atoms with E-state index in [-0.39, 0.29) is 18.0 Å². The van der Waals surface area contributed by atoms with Crippen LogP contribution >= 0.6 is 0 Å². The van der Waals surface area contributed by atoms with Crippen molar-refractivity contribution in [2.75, 3.05) is 12.4 Å². The molecule has 0 aromatic carbocycles. The summed E-state index contributed by atoms with van der Waals surface area (Å²) in [5, 5.41) is 0. The highest BCUT2D eigenvalue weighted by atomic mass is 16.5. The van der Waals surface area contributed by atoms with Gasteiger partial charge in [0.05, 0.1) is 6.61 Å². The molecule has 0 saturated heterocycles. The number of ether oxygens (including phenoxy) is 1. The summed E-state index contributed by atoms with van der Waals surface area (Å²) in [4.78, 5) is 21.5. The summed E-state index contributed by atoms with van der Waals surface area (Å²) in [5.74, 6) is 4.90. The van der Waals surface area contributed by atoms with E-state index in [9.17, 15) is 9.59 Å². The number of aldehydes is 1. The molecule has 0 amide bonds. The third-order valence-electron chi connectivity index (χ3n) is 1.55. The lowest BCUT2D eigenvalue weighted by atomic mass is 10.4. The first-order valence-electron chi connectivity index (χ1n) is 3.79. The van der Waals surface area contributed by atoms with Gasteiger partial charge in [0.1, 0.15) is 11.4 Å². The minimum absolute atomic E-state index is 0.170. The standard InChI is InChI=1S/C8H10N2O3/c1-2-13-8(12)7-4-3-6(5-11)10(7)9/h3-5H,2,9H2,1H3. The second-order valence-electron chi connectivity index (χ2n) is 2.35. The molecule has 0 spiro atoms. The lowest BCUT2D eigenvalue weighted by Gasteiger charge is -2.02. The maximum absolute atomic E-state index is 11.2. The van der Waals surface area contributed by atoms with Gasteiger partial charge in [-0.25, -0.2) is 4.79 Å². The molecule has 1 aromatic rings. The van der Waals surface area contributed by atoms with Crippen LogP contribution in [0.1, 0.15) is 27.9 Å². The first kappa shape index (κ1) is 9.31. The molecule has 0 fully saturated rings. The van der Waals surface area contributed by atoms with E-state index in [1.165, 1.54) is 12.1 Å². The lowest BCUT2D eigenvalue weighted by Crippen LogP contribution is -2.20. The van der Waals surface area contributed by atoms with Gasteiger partial charge >= 0.3 is 5.97 Å². The van der Waals surface area contributed by atoms with Gasteiger partial charge in [-0.15, -0.1) is 0 Å². The van der Waals surface area contributed by atoms with Crippen LogP contribution in [-0.4, -0.2) is 23.5 Å². The van der Waals surface area contributed by atoms with Crippen molar-refractivity contribution in [2.24, 2.45) is 0 Å². The van der Waals surface area contributed by atoms with E-state index in [0.717, 1.165) is 4.68 Å². The first-order chi connectivity index (χ1) is 6.20. The molecule has 1 aromatic heterocycles. The van der Waals surface area contributed by atoms with Gasteiger partial charge in [0.15, 0.2) is 6.29 Å². The maximum Gasteiger partial charge on any atom is 0.356 e. The number of hydrogen-bond donors (Lipinski definition) is 1. The van der Waals surface area contributed by atoms with Gasteiger partial charge in [0.25, 0.3) is 0 Å². The third kappa shape index (κ3) is 1.69.